The second kappa shape index (κ2) is 11.3. The first-order chi connectivity index (χ1) is 3.46. The van der Waals surface area contributed by atoms with Gasteiger partial charge in [-0.25, -0.2) is 0 Å². The van der Waals surface area contributed by atoms with Gasteiger partial charge in [-0.3, -0.25) is 0 Å². The van der Waals surface area contributed by atoms with Crippen LogP contribution in [0.2, 0.25) is 0 Å². The zero-order valence-electron chi connectivity index (χ0n) is 4.10. The van der Waals surface area contributed by atoms with Crippen LogP contribution in [0.3, 0.4) is 0 Å². The Hall–Kier alpha value is 0.534. The average Bonchev–Trinajstić information content (AvgIpc) is 1.25. The van der Waals surface area contributed by atoms with E-state index < -0.39 is 21.8 Å². The van der Waals surface area contributed by atoms with Crippen LogP contribution in [0.25, 0.3) is 0 Å². The molecule has 0 aromatic carbocycles. The number of rotatable bonds is 0. The molecule has 0 bridgehead atoms. The molecule has 0 atom stereocenters. The van der Waals surface area contributed by atoms with E-state index in [0.29, 0.717) is 0 Å². The maximum absolute atomic E-state index is 8.78. The normalized spacial score (nSPS) is 7.56. The molecule has 0 amide bonds. The molecule has 0 fully saturated rings. The van der Waals surface area contributed by atoms with Crippen LogP contribution in [0, 0.1) is 0 Å². The molecule has 4 N–H and O–H groups in total. The van der Waals surface area contributed by atoms with Gasteiger partial charge in [0.05, 0.1) is 0 Å². The summed E-state index contributed by atoms with van der Waals surface area (Å²) in [6.07, 6.45) is 0. The van der Waals surface area contributed by atoms with Crippen LogP contribution in [-0.4, -0.2) is 0 Å². The minimum absolute atomic E-state index is 0. The van der Waals surface area contributed by atoms with Crippen molar-refractivity contribution in [1.29, 1.82) is 0 Å². The minimum Gasteiger partial charge on any atom is -0.409 e. The fourth-order valence-electron chi connectivity index (χ4n) is 0. The molecule has 0 aromatic rings. The Kier molecular flexibility index (Phi) is 20.5. The van der Waals surface area contributed by atoms with Crippen LogP contribution in [0.5, 0.6) is 0 Å². The van der Waals surface area contributed by atoms with Gasteiger partial charge in [-0.15, -0.1) is 0 Å². The molecule has 0 saturated carbocycles. The Labute approximate surface area is 70.7 Å². The Morgan fingerprint density at radius 3 is 0.778 bits per heavy atom. The van der Waals surface area contributed by atoms with Crippen molar-refractivity contribution in [1.82, 2.24) is 0 Å². The summed E-state index contributed by atoms with van der Waals surface area (Å²) in [5, 5.41) is 8.06. The maximum Gasteiger partial charge on any atom is 2.00 e. The van der Waals surface area contributed by atoms with E-state index in [-0.39, 0.29) is 21.7 Å². The summed E-state index contributed by atoms with van der Waals surface area (Å²) in [5.41, 5.74) is 0. The van der Waals surface area contributed by atoms with E-state index in [2.05, 4.69) is 10.3 Å². The second-order valence-corrected chi connectivity index (χ2v) is 1.56. The van der Waals surface area contributed by atoms with E-state index in [1.165, 1.54) is 0 Å². The third-order valence-corrected chi connectivity index (χ3v) is 0. The molecule has 0 aliphatic carbocycles. The van der Waals surface area contributed by atoms with E-state index in [0.717, 1.165) is 0 Å². The Balaban J connectivity index is -0.0000000720. The summed E-state index contributed by atoms with van der Waals surface area (Å²) >= 11 is 0. The number of hydrogen-bond donors (Lipinski definition) is 2. The first-order valence-electron chi connectivity index (χ1n) is 1.14. The average molecular weight is 208 g/mol. The summed E-state index contributed by atoms with van der Waals surface area (Å²) in [6, 6.07) is 0. The predicted octanol–water partition coefficient (Wildman–Crippen LogP) is -1.66. The van der Waals surface area contributed by atoms with Crippen LogP contribution >= 0.6 is 0 Å². The van der Waals surface area contributed by atoms with Gasteiger partial charge in [0, 0.05) is 0 Å². The van der Waals surface area contributed by atoms with E-state index in [1.54, 1.807) is 0 Å². The fraction of sp³-hybridized carbons (Fsp3) is 0. The Bertz CT molecular complexity index is 133. The zero-order valence-corrected chi connectivity index (χ0v) is 7.30. The third kappa shape index (κ3) is 1280. The van der Waals surface area contributed by atoms with Gasteiger partial charge in [-0.1, -0.05) is 0 Å². The van der Waals surface area contributed by atoms with Crippen molar-refractivity contribution in [2.75, 3.05) is 0 Å². The summed E-state index contributed by atoms with van der Waals surface area (Å²) in [7, 11) is -4.72. The van der Waals surface area contributed by atoms with E-state index in [9.17, 15) is 0 Å². The van der Waals surface area contributed by atoms with Gasteiger partial charge >= 0.3 is 21.7 Å². The molecule has 0 aliphatic heterocycles. The van der Waals surface area contributed by atoms with E-state index in [4.69, 9.17) is 16.8 Å². The number of hydrogen-bond acceptors (Lipinski definition) is 6. The molecular weight excluding hydrogens is 204 g/mol. The largest absolute Gasteiger partial charge is 2.00 e. The van der Waals surface area contributed by atoms with Crippen molar-refractivity contribution >= 4 is 21.8 Å². The SMILES string of the molecule is N[S-](=O)=O.N[S-](=O)=O.[Ti+2]. The van der Waals surface area contributed by atoms with Crippen molar-refractivity contribution in [2.45, 2.75) is 0 Å². The third-order valence-electron chi connectivity index (χ3n) is 0. The van der Waals surface area contributed by atoms with Gasteiger partial charge in [-0.05, 0) is 21.8 Å². The molecule has 0 heterocycles. The minimum atomic E-state index is -2.36. The predicted molar refractivity (Wildman–Crippen MR) is 25.9 cm³/mol. The van der Waals surface area contributed by atoms with Gasteiger partial charge in [0.15, 0.2) is 0 Å². The van der Waals surface area contributed by atoms with Crippen LogP contribution in [0.4, 0.5) is 0 Å². The van der Waals surface area contributed by atoms with Crippen molar-refractivity contribution in [3.63, 3.8) is 0 Å². The van der Waals surface area contributed by atoms with Gasteiger partial charge in [-0.2, -0.15) is 0 Å². The molecule has 54 valence electrons. The molecule has 0 unspecified atom stereocenters. The monoisotopic (exact) mass is 208 g/mol. The van der Waals surface area contributed by atoms with E-state index >= 15 is 0 Å². The van der Waals surface area contributed by atoms with Gasteiger partial charge < -0.3 is 27.1 Å². The molecule has 9 heteroatoms. The molecule has 0 rings (SSSR count). The molecule has 0 saturated heterocycles. The van der Waals surface area contributed by atoms with E-state index in [1.807, 2.05) is 0 Å². The molecule has 6 nitrogen and oxygen atoms in total. The first-order valence-corrected chi connectivity index (χ1v) is 3.41. The summed E-state index contributed by atoms with van der Waals surface area (Å²) in [4.78, 5) is 0. The van der Waals surface area contributed by atoms with Gasteiger partial charge in [0.1, 0.15) is 0 Å². The standard InChI is InChI=1S/2H2NO2S.Ti/c2*1-4(2)3;/h2*(H2,1,2,3);/q2*-1;+2. The van der Waals surface area contributed by atoms with Crippen molar-refractivity contribution in [2.24, 2.45) is 10.3 Å². The molecule has 9 heavy (non-hydrogen) atoms. The summed E-state index contributed by atoms with van der Waals surface area (Å²) in [6.45, 7) is 0. The Morgan fingerprint density at radius 1 is 0.778 bits per heavy atom. The van der Waals surface area contributed by atoms with Crippen LogP contribution in [0.1, 0.15) is 0 Å². The smallest absolute Gasteiger partial charge is 0.409 e. The molecular formula is H4N2O4S2Ti. The van der Waals surface area contributed by atoms with Gasteiger partial charge in [0.25, 0.3) is 0 Å². The molecule has 0 aliphatic rings. The molecule has 0 radical (unpaired) electrons. The second-order valence-electron chi connectivity index (χ2n) is 0.521. The van der Waals surface area contributed by atoms with Crippen molar-refractivity contribution in [3.8, 4) is 0 Å². The van der Waals surface area contributed by atoms with Gasteiger partial charge in [0.2, 0.25) is 0 Å². The molecule has 0 spiro atoms. The topological polar surface area (TPSA) is 120 Å². The van der Waals surface area contributed by atoms with Crippen LogP contribution < -0.4 is 10.3 Å². The van der Waals surface area contributed by atoms with Crippen molar-refractivity contribution < 1.29 is 38.6 Å². The number of nitrogens with two attached hydrogens (primary N) is 2. The summed E-state index contributed by atoms with van der Waals surface area (Å²) in [5.74, 6) is 0. The van der Waals surface area contributed by atoms with Crippen LogP contribution in [0.15, 0.2) is 0 Å². The Morgan fingerprint density at radius 2 is 0.778 bits per heavy atom. The summed E-state index contributed by atoms with van der Waals surface area (Å²) < 4.78 is 35.1. The van der Waals surface area contributed by atoms with Crippen molar-refractivity contribution in [3.05, 3.63) is 0 Å². The maximum atomic E-state index is 8.78. The molecule has 0 aromatic heterocycles. The van der Waals surface area contributed by atoms with Crippen LogP contribution in [-0.2, 0) is 60.3 Å². The zero-order chi connectivity index (χ0) is 7.15. The first kappa shape index (κ1) is 16.3. The fourth-order valence-corrected chi connectivity index (χ4v) is 0. The quantitative estimate of drug-likeness (QED) is 0.365.